The Bertz CT molecular complexity index is 776. The van der Waals surface area contributed by atoms with Crippen molar-refractivity contribution < 1.29 is 14.2 Å². The lowest BCUT2D eigenvalue weighted by Gasteiger charge is -1.99. The maximum Gasteiger partial charge on any atom is 0.311 e. The van der Waals surface area contributed by atoms with Crippen LogP contribution in [0.5, 0.6) is 0 Å². The van der Waals surface area contributed by atoms with Crippen molar-refractivity contribution in [2.75, 3.05) is 5.73 Å². The van der Waals surface area contributed by atoms with Crippen LogP contribution in [-0.2, 0) is 0 Å². The first-order valence-electron chi connectivity index (χ1n) is 5.78. The molecule has 0 aliphatic heterocycles. The van der Waals surface area contributed by atoms with Gasteiger partial charge in [0.15, 0.2) is 5.69 Å². The molecule has 0 saturated carbocycles. The number of hydrogen-bond acceptors (Lipinski definition) is 7. The van der Waals surface area contributed by atoms with E-state index >= 15 is 0 Å². The molecule has 0 spiro atoms. The summed E-state index contributed by atoms with van der Waals surface area (Å²) < 4.78 is 13.5. The standard InChI is InChI=1S/C12H8FN5O4/c13-9-5-10(12(18(21)22)6-11(9)17(19)20)16-15-8-3-1-7(14)2-4-8/h1-6H,14H2. The van der Waals surface area contributed by atoms with Crippen molar-refractivity contribution in [1.82, 2.24) is 0 Å². The van der Waals surface area contributed by atoms with Crippen LogP contribution in [0, 0.1) is 26.0 Å². The van der Waals surface area contributed by atoms with Gasteiger partial charge in [0.05, 0.1) is 21.6 Å². The Morgan fingerprint density at radius 1 is 0.955 bits per heavy atom. The topological polar surface area (TPSA) is 137 Å². The fourth-order valence-corrected chi connectivity index (χ4v) is 1.56. The fraction of sp³-hybridized carbons (Fsp3) is 0. The number of rotatable bonds is 4. The lowest BCUT2D eigenvalue weighted by Crippen LogP contribution is -1.96. The molecule has 2 rings (SSSR count). The van der Waals surface area contributed by atoms with Gasteiger partial charge in [-0.3, -0.25) is 20.2 Å². The molecule has 0 aliphatic carbocycles. The molecule has 0 saturated heterocycles. The smallest absolute Gasteiger partial charge is 0.311 e. The highest BCUT2D eigenvalue weighted by molar-refractivity contribution is 5.62. The molecule has 0 amide bonds. The highest BCUT2D eigenvalue weighted by atomic mass is 19.1. The predicted octanol–water partition coefficient (Wildman–Crippen LogP) is 3.64. The molecule has 0 unspecified atom stereocenters. The van der Waals surface area contributed by atoms with E-state index in [1.54, 1.807) is 12.1 Å². The molecule has 10 heteroatoms. The first-order valence-corrected chi connectivity index (χ1v) is 5.78. The molecule has 2 aromatic rings. The summed E-state index contributed by atoms with van der Waals surface area (Å²) in [7, 11) is 0. The Hall–Kier alpha value is -3.43. The van der Waals surface area contributed by atoms with Crippen LogP contribution in [0.25, 0.3) is 0 Å². The first kappa shape index (κ1) is 15.0. The van der Waals surface area contributed by atoms with Gasteiger partial charge in [-0.2, -0.15) is 9.50 Å². The van der Waals surface area contributed by atoms with Crippen molar-refractivity contribution in [3.05, 3.63) is 62.4 Å². The second-order valence-corrected chi connectivity index (χ2v) is 4.10. The van der Waals surface area contributed by atoms with Gasteiger partial charge in [-0.05, 0) is 24.3 Å². The third kappa shape index (κ3) is 3.17. The number of hydrogen-bond donors (Lipinski definition) is 1. The molecule has 0 radical (unpaired) electrons. The SMILES string of the molecule is Nc1ccc(N=Nc2cc(F)c([N+](=O)[O-])cc2[N+](=O)[O-])cc1. The quantitative estimate of drug-likeness (QED) is 0.397. The van der Waals surface area contributed by atoms with E-state index in [1.165, 1.54) is 12.1 Å². The maximum absolute atomic E-state index is 13.5. The molecule has 2 aromatic carbocycles. The van der Waals surface area contributed by atoms with E-state index in [1.807, 2.05) is 0 Å². The lowest BCUT2D eigenvalue weighted by atomic mass is 10.2. The second-order valence-electron chi connectivity index (χ2n) is 4.10. The number of nitro groups is 2. The van der Waals surface area contributed by atoms with Crippen LogP contribution in [0.1, 0.15) is 0 Å². The third-order valence-corrected chi connectivity index (χ3v) is 2.60. The summed E-state index contributed by atoms with van der Waals surface area (Å²) in [6, 6.07) is 7.20. The largest absolute Gasteiger partial charge is 0.399 e. The zero-order chi connectivity index (χ0) is 16.3. The van der Waals surface area contributed by atoms with E-state index in [9.17, 15) is 24.6 Å². The van der Waals surface area contributed by atoms with Crippen molar-refractivity contribution in [3.8, 4) is 0 Å². The molecule has 0 bridgehead atoms. The average molecular weight is 305 g/mol. The molecule has 0 atom stereocenters. The fourth-order valence-electron chi connectivity index (χ4n) is 1.56. The Labute approximate surface area is 122 Å². The summed E-state index contributed by atoms with van der Waals surface area (Å²) >= 11 is 0. The number of nitrogens with two attached hydrogens (primary N) is 1. The third-order valence-electron chi connectivity index (χ3n) is 2.60. The molecule has 9 nitrogen and oxygen atoms in total. The van der Waals surface area contributed by atoms with Gasteiger partial charge in [0, 0.05) is 11.8 Å². The van der Waals surface area contributed by atoms with Gasteiger partial charge < -0.3 is 5.73 Å². The van der Waals surface area contributed by atoms with Crippen molar-refractivity contribution in [1.29, 1.82) is 0 Å². The summed E-state index contributed by atoms with van der Waals surface area (Å²) in [6.45, 7) is 0. The Kier molecular flexibility index (Phi) is 4.02. The minimum atomic E-state index is -1.23. The van der Waals surface area contributed by atoms with E-state index in [0.29, 0.717) is 23.5 Å². The van der Waals surface area contributed by atoms with Gasteiger partial charge >= 0.3 is 11.4 Å². The minimum absolute atomic E-state index is 0.335. The van der Waals surface area contributed by atoms with E-state index < -0.39 is 32.7 Å². The van der Waals surface area contributed by atoms with Gasteiger partial charge in [-0.25, -0.2) is 0 Å². The molecule has 0 aromatic heterocycles. The number of nitro benzene ring substituents is 2. The number of nitrogen functional groups attached to an aromatic ring is 1. The minimum Gasteiger partial charge on any atom is -0.399 e. The molecular formula is C12H8FN5O4. The van der Waals surface area contributed by atoms with Crippen LogP contribution in [0.15, 0.2) is 46.6 Å². The normalized spacial score (nSPS) is 10.8. The molecule has 0 fully saturated rings. The highest BCUT2D eigenvalue weighted by Gasteiger charge is 2.24. The van der Waals surface area contributed by atoms with Crippen molar-refractivity contribution in [2.45, 2.75) is 0 Å². The molecule has 2 N–H and O–H groups in total. The summed E-state index contributed by atoms with van der Waals surface area (Å²) in [5.41, 5.74) is 4.17. The summed E-state index contributed by atoms with van der Waals surface area (Å²) in [5, 5.41) is 28.8. The van der Waals surface area contributed by atoms with Crippen LogP contribution in [-0.4, -0.2) is 9.85 Å². The number of halogens is 1. The van der Waals surface area contributed by atoms with Crippen LogP contribution in [0.3, 0.4) is 0 Å². The maximum atomic E-state index is 13.5. The molecule has 0 aliphatic rings. The lowest BCUT2D eigenvalue weighted by molar-refractivity contribution is -0.395. The molecule has 22 heavy (non-hydrogen) atoms. The average Bonchev–Trinajstić information content (AvgIpc) is 2.46. The van der Waals surface area contributed by atoms with Crippen LogP contribution >= 0.6 is 0 Å². The zero-order valence-corrected chi connectivity index (χ0v) is 10.8. The van der Waals surface area contributed by atoms with Gasteiger partial charge in [0.1, 0.15) is 0 Å². The summed E-state index contributed by atoms with van der Waals surface area (Å²) in [4.78, 5) is 19.6. The highest BCUT2D eigenvalue weighted by Crippen LogP contribution is 2.34. The number of azo groups is 1. The molecular weight excluding hydrogens is 297 g/mol. The van der Waals surface area contributed by atoms with Crippen LogP contribution in [0.4, 0.5) is 32.8 Å². The van der Waals surface area contributed by atoms with E-state index in [4.69, 9.17) is 5.73 Å². The Balaban J connectivity index is 2.45. The number of nitrogens with zero attached hydrogens (tertiary/aromatic N) is 4. The summed E-state index contributed by atoms with van der Waals surface area (Å²) in [6.07, 6.45) is 0. The van der Waals surface area contributed by atoms with Crippen molar-refractivity contribution in [2.24, 2.45) is 10.2 Å². The molecule has 112 valence electrons. The summed E-state index contributed by atoms with van der Waals surface area (Å²) in [5.74, 6) is -1.23. The van der Waals surface area contributed by atoms with E-state index in [-0.39, 0.29) is 0 Å². The van der Waals surface area contributed by atoms with E-state index in [0.717, 1.165) is 0 Å². The van der Waals surface area contributed by atoms with Crippen LogP contribution in [0.2, 0.25) is 0 Å². The number of benzene rings is 2. The predicted molar refractivity (Wildman–Crippen MR) is 74.7 cm³/mol. The van der Waals surface area contributed by atoms with Gasteiger partial charge in [-0.1, -0.05) is 0 Å². The Morgan fingerprint density at radius 2 is 1.55 bits per heavy atom. The Morgan fingerprint density at radius 3 is 2.09 bits per heavy atom. The monoisotopic (exact) mass is 305 g/mol. The van der Waals surface area contributed by atoms with Gasteiger partial charge in [0.2, 0.25) is 5.82 Å². The zero-order valence-electron chi connectivity index (χ0n) is 10.8. The van der Waals surface area contributed by atoms with Crippen molar-refractivity contribution >= 4 is 28.4 Å². The van der Waals surface area contributed by atoms with Gasteiger partial charge in [-0.15, -0.1) is 5.11 Å². The molecule has 0 heterocycles. The first-order chi connectivity index (χ1) is 10.4. The van der Waals surface area contributed by atoms with Crippen LogP contribution < -0.4 is 5.73 Å². The second kappa shape index (κ2) is 5.91. The number of anilines is 1. The van der Waals surface area contributed by atoms with Gasteiger partial charge in [0.25, 0.3) is 0 Å². The van der Waals surface area contributed by atoms with E-state index in [2.05, 4.69) is 10.2 Å². The van der Waals surface area contributed by atoms with Crippen molar-refractivity contribution in [3.63, 3.8) is 0 Å².